The maximum Gasteiger partial charge on any atom is 0.243 e. The maximum absolute atomic E-state index is 13.3. The van der Waals surface area contributed by atoms with E-state index < -0.39 is 10.0 Å². The molecule has 0 amide bonds. The lowest BCUT2D eigenvalue weighted by atomic mass is 10.2. The molecule has 1 saturated heterocycles. The highest BCUT2D eigenvalue weighted by atomic mass is 32.2. The highest BCUT2D eigenvalue weighted by molar-refractivity contribution is 7.98. The van der Waals surface area contributed by atoms with Gasteiger partial charge in [0.2, 0.25) is 10.0 Å². The van der Waals surface area contributed by atoms with Gasteiger partial charge in [0.15, 0.2) is 22.5 Å². The summed E-state index contributed by atoms with van der Waals surface area (Å²) in [6, 6.07) is 4.46. The zero-order chi connectivity index (χ0) is 18.3. The molecule has 1 unspecified atom stereocenters. The van der Waals surface area contributed by atoms with E-state index in [0.717, 1.165) is 18.0 Å². The van der Waals surface area contributed by atoms with Crippen molar-refractivity contribution >= 4 is 21.8 Å². The predicted molar refractivity (Wildman–Crippen MR) is 96.1 cm³/mol. The Bertz CT molecular complexity index is 928. The van der Waals surface area contributed by atoms with Gasteiger partial charge in [0, 0.05) is 19.7 Å². The Kier molecular flexibility index (Phi) is 4.57. The summed E-state index contributed by atoms with van der Waals surface area (Å²) in [7, 11) is -1.80. The van der Waals surface area contributed by atoms with Crippen LogP contribution in [0.25, 0.3) is 0 Å². The number of thioether (sulfide) groups is 1. The Morgan fingerprint density at radius 2 is 1.96 bits per heavy atom. The first kappa shape index (κ1) is 17.6. The lowest BCUT2D eigenvalue weighted by molar-refractivity contribution is 0.171. The number of hydrogen-bond donors (Lipinski definition) is 0. The second kappa shape index (κ2) is 6.75. The van der Waals surface area contributed by atoms with Crippen LogP contribution in [0.1, 0.15) is 24.7 Å². The van der Waals surface area contributed by atoms with Gasteiger partial charge >= 0.3 is 0 Å². The molecular weight excluding hydrogens is 376 g/mol. The quantitative estimate of drug-likeness (QED) is 0.729. The largest absolute Gasteiger partial charge is 0.486 e. The molecule has 0 bridgehead atoms. The lowest BCUT2D eigenvalue weighted by Crippen LogP contribution is -2.32. The molecule has 0 spiro atoms. The summed E-state index contributed by atoms with van der Waals surface area (Å²) >= 11 is 1.49. The van der Waals surface area contributed by atoms with E-state index in [1.807, 2.05) is 17.9 Å². The Morgan fingerprint density at radius 1 is 1.19 bits per heavy atom. The van der Waals surface area contributed by atoms with Crippen molar-refractivity contribution in [2.24, 2.45) is 7.05 Å². The normalized spacial score (nSPS) is 20.5. The average molecular weight is 396 g/mol. The number of rotatable bonds is 4. The molecule has 8 nitrogen and oxygen atoms in total. The maximum atomic E-state index is 13.3. The van der Waals surface area contributed by atoms with Crippen molar-refractivity contribution in [1.29, 1.82) is 0 Å². The van der Waals surface area contributed by atoms with Gasteiger partial charge in [-0.25, -0.2) is 8.42 Å². The summed E-state index contributed by atoms with van der Waals surface area (Å²) in [6.45, 7) is 1.35. The van der Waals surface area contributed by atoms with Crippen molar-refractivity contribution in [3.63, 3.8) is 0 Å². The smallest absolute Gasteiger partial charge is 0.243 e. The number of fused-ring (bicyclic) bond motifs is 1. The summed E-state index contributed by atoms with van der Waals surface area (Å²) in [4.78, 5) is 0.209. The fraction of sp³-hybridized carbons (Fsp3) is 0.500. The second-order valence-electron chi connectivity index (χ2n) is 6.18. The van der Waals surface area contributed by atoms with E-state index in [1.165, 1.54) is 16.1 Å². The minimum Gasteiger partial charge on any atom is -0.486 e. The molecule has 2 aromatic rings. The average Bonchev–Trinajstić information content (AvgIpc) is 3.27. The van der Waals surface area contributed by atoms with Gasteiger partial charge < -0.3 is 14.0 Å². The van der Waals surface area contributed by atoms with Crippen LogP contribution in [0.5, 0.6) is 11.5 Å². The minimum absolute atomic E-state index is 0.209. The van der Waals surface area contributed by atoms with E-state index in [4.69, 9.17) is 9.47 Å². The summed E-state index contributed by atoms with van der Waals surface area (Å²) in [5, 5.41) is 9.15. The summed E-state index contributed by atoms with van der Waals surface area (Å²) in [5.74, 6) is 1.72. The third-order valence-electron chi connectivity index (χ3n) is 4.67. The van der Waals surface area contributed by atoms with Gasteiger partial charge in [-0.15, -0.1) is 10.2 Å². The molecule has 4 rings (SSSR count). The summed E-state index contributed by atoms with van der Waals surface area (Å²) < 4.78 is 40.9. The van der Waals surface area contributed by atoms with Gasteiger partial charge in [-0.05, 0) is 31.2 Å². The van der Waals surface area contributed by atoms with E-state index in [-0.39, 0.29) is 10.9 Å². The van der Waals surface area contributed by atoms with Gasteiger partial charge in [0.25, 0.3) is 0 Å². The highest BCUT2D eigenvalue weighted by Crippen LogP contribution is 2.39. The number of aromatic nitrogens is 3. The van der Waals surface area contributed by atoms with E-state index in [1.54, 1.807) is 18.2 Å². The molecule has 0 N–H and O–H groups in total. The molecule has 10 heteroatoms. The van der Waals surface area contributed by atoms with E-state index in [0.29, 0.717) is 37.1 Å². The minimum atomic E-state index is -3.67. The number of hydrogen-bond acceptors (Lipinski definition) is 7. The fourth-order valence-electron chi connectivity index (χ4n) is 3.40. The molecule has 1 fully saturated rings. The van der Waals surface area contributed by atoms with Crippen LogP contribution in [-0.4, -0.2) is 53.5 Å². The molecule has 26 heavy (non-hydrogen) atoms. The first-order valence-corrected chi connectivity index (χ1v) is 11.0. The van der Waals surface area contributed by atoms with Crippen LogP contribution in [0.4, 0.5) is 0 Å². The molecular formula is C16H20N4O4S2. The molecule has 0 radical (unpaired) electrons. The standard InChI is InChI=1S/C16H20N4O4S2/c1-19-15(17-18-16(19)25-2)12-4-3-7-20(12)26(21,22)11-5-6-13-14(10-11)24-9-8-23-13/h5-6,10,12H,3-4,7-9H2,1-2H3. The molecule has 3 heterocycles. The van der Waals surface area contributed by atoms with Gasteiger partial charge in [0.05, 0.1) is 10.9 Å². The fourth-order valence-corrected chi connectivity index (χ4v) is 5.56. The molecule has 0 saturated carbocycles. The van der Waals surface area contributed by atoms with Crippen molar-refractivity contribution in [1.82, 2.24) is 19.1 Å². The Morgan fingerprint density at radius 3 is 2.69 bits per heavy atom. The van der Waals surface area contributed by atoms with Crippen LogP contribution in [0, 0.1) is 0 Å². The third kappa shape index (κ3) is 2.85. The summed E-state index contributed by atoms with van der Waals surface area (Å²) in [6.07, 6.45) is 3.44. The van der Waals surface area contributed by atoms with E-state index in [9.17, 15) is 8.42 Å². The third-order valence-corrected chi connectivity index (χ3v) is 7.30. The predicted octanol–water partition coefficient (Wildman–Crippen LogP) is 1.83. The monoisotopic (exact) mass is 396 g/mol. The van der Waals surface area contributed by atoms with E-state index >= 15 is 0 Å². The number of sulfonamides is 1. The molecule has 2 aliphatic rings. The zero-order valence-electron chi connectivity index (χ0n) is 14.6. The number of benzene rings is 1. The molecule has 1 aromatic heterocycles. The van der Waals surface area contributed by atoms with Crippen molar-refractivity contribution in [2.75, 3.05) is 26.0 Å². The van der Waals surface area contributed by atoms with Gasteiger partial charge in [-0.3, -0.25) is 0 Å². The van der Waals surface area contributed by atoms with Crippen molar-refractivity contribution < 1.29 is 17.9 Å². The van der Waals surface area contributed by atoms with Crippen molar-refractivity contribution in [3.8, 4) is 11.5 Å². The van der Waals surface area contributed by atoms with E-state index in [2.05, 4.69) is 10.2 Å². The Hall–Kier alpha value is -1.78. The van der Waals surface area contributed by atoms with Gasteiger partial charge in [-0.1, -0.05) is 11.8 Å². The summed E-state index contributed by atoms with van der Waals surface area (Å²) in [5.41, 5.74) is 0. The SMILES string of the molecule is CSc1nnc(C2CCCN2S(=O)(=O)c2ccc3c(c2)OCCO3)n1C. The first-order valence-electron chi connectivity index (χ1n) is 8.37. The zero-order valence-corrected chi connectivity index (χ0v) is 16.2. The number of nitrogens with zero attached hydrogens (tertiary/aromatic N) is 4. The lowest BCUT2D eigenvalue weighted by Gasteiger charge is -2.24. The Balaban J connectivity index is 1.69. The number of ether oxygens (including phenoxy) is 2. The van der Waals surface area contributed by atoms with Crippen molar-refractivity contribution in [2.45, 2.75) is 28.9 Å². The van der Waals surface area contributed by atoms with Crippen LogP contribution >= 0.6 is 11.8 Å². The van der Waals surface area contributed by atoms with Crippen LogP contribution < -0.4 is 9.47 Å². The van der Waals surface area contributed by atoms with Gasteiger partial charge in [0.1, 0.15) is 13.2 Å². The van der Waals surface area contributed by atoms with Crippen LogP contribution in [0.15, 0.2) is 28.3 Å². The topological polar surface area (TPSA) is 86.6 Å². The van der Waals surface area contributed by atoms with Gasteiger partial charge in [-0.2, -0.15) is 4.31 Å². The second-order valence-corrected chi connectivity index (χ2v) is 8.85. The molecule has 1 aromatic carbocycles. The first-order chi connectivity index (χ1) is 12.5. The van der Waals surface area contributed by atoms with Crippen LogP contribution in [-0.2, 0) is 17.1 Å². The van der Waals surface area contributed by atoms with Crippen LogP contribution in [0.2, 0.25) is 0 Å². The van der Waals surface area contributed by atoms with Crippen LogP contribution in [0.3, 0.4) is 0 Å². The highest BCUT2D eigenvalue weighted by Gasteiger charge is 2.39. The molecule has 1 atom stereocenters. The molecule has 2 aliphatic heterocycles. The van der Waals surface area contributed by atoms with Crippen molar-refractivity contribution in [3.05, 3.63) is 24.0 Å². The Labute approximate surface area is 156 Å². The molecule has 140 valence electrons. The molecule has 0 aliphatic carbocycles.